The van der Waals surface area contributed by atoms with Gasteiger partial charge in [0.2, 0.25) is 0 Å². The third-order valence-corrected chi connectivity index (χ3v) is 3.30. The number of rotatable bonds is 0. The Morgan fingerprint density at radius 1 is 1.12 bits per heavy atom. The summed E-state index contributed by atoms with van der Waals surface area (Å²) in [6.45, 7) is 0. The molecule has 84 valence electrons. The van der Waals surface area contributed by atoms with Crippen LogP contribution in [-0.2, 0) is 4.79 Å². The lowest BCUT2D eigenvalue weighted by atomic mass is 9.93. The van der Waals surface area contributed by atoms with E-state index in [9.17, 15) is 4.79 Å². The SMILES string of the molecule is O=C1CCC2(CC1)Oc1ccc(Cl)cc1O2. The molecule has 0 amide bonds. The minimum absolute atomic E-state index is 0.284. The first-order chi connectivity index (χ1) is 7.67. The molecule has 1 spiro atoms. The fraction of sp³-hybridized carbons (Fsp3) is 0.417. The summed E-state index contributed by atoms with van der Waals surface area (Å²) in [4.78, 5) is 11.2. The van der Waals surface area contributed by atoms with Gasteiger partial charge in [-0.3, -0.25) is 4.79 Å². The van der Waals surface area contributed by atoms with E-state index in [-0.39, 0.29) is 5.78 Å². The molecule has 1 fully saturated rings. The first-order valence-electron chi connectivity index (χ1n) is 5.36. The molecule has 0 radical (unpaired) electrons. The van der Waals surface area contributed by atoms with E-state index in [4.69, 9.17) is 21.1 Å². The molecule has 1 aromatic rings. The van der Waals surface area contributed by atoms with E-state index in [0.717, 1.165) is 5.75 Å². The van der Waals surface area contributed by atoms with Crippen molar-refractivity contribution in [2.45, 2.75) is 31.5 Å². The zero-order valence-electron chi connectivity index (χ0n) is 8.66. The molecule has 1 aliphatic carbocycles. The van der Waals surface area contributed by atoms with Crippen LogP contribution in [0.3, 0.4) is 0 Å². The van der Waals surface area contributed by atoms with Gasteiger partial charge >= 0.3 is 0 Å². The summed E-state index contributed by atoms with van der Waals surface area (Å²) < 4.78 is 11.6. The number of ether oxygens (including phenoxy) is 2. The highest BCUT2D eigenvalue weighted by Crippen LogP contribution is 2.45. The number of benzene rings is 1. The van der Waals surface area contributed by atoms with Crippen LogP contribution in [0.4, 0.5) is 0 Å². The Bertz CT molecular complexity index is 446. The lowest BCUT2D eigenvalue weighted by Crippen LogP contribution is -2.42. The average molecular weight is 239 g/mol. The van der Waals surface area contributed by atoms with Crippen LogP contribution in [0.25, 0.3) is 0 Å². The molecule has 0 N–H and O–H groups in total. The molecule has 1 heterocycles. The van der Waals surface area contributed by atoms with Gasteiger partial charge in [-0.2, -0.15) is 0 Å². The lowest BCUT2D eigenvalue weighted by Gasteiger charge is -2.30. The van der Waals surface area contributed by atoms with Crippen molar-refractivity contribution in [2.75, 3.05) is 0 Å². The van der Waals surface area contributed by atoms with E-state index >= 15 is 0 Å². The van der Waals surface area contributed by atoms with Gasteiger partial charge < -0.3 is 9.47 Å². The Kier molecular flexibility index (Phi) is 2.11. The molecule has 1 saturated carbocycles. The van der Waals surface area contributed by atoms with Crippen LogP contribution >= 0.6 is 11.6 Å². The maximum Gasteiger partial charge on any atom is 0.252 e. The Morgan fingerprint density at radius 3 is 2.56 bits per heavy atom. The van der Waals surface area contributed by atoms with Gasteiger partial charge in [-0.25, -0.2) is 0 Å². The van der Waals surface area contributed by atoms with Crippen LogP contribution in [0.5, 0.6) is 11.5 Å². The zero-order chi connectivity index (χ0) is 11.2. The predicted molar refractivity (Wildman–Crippen MR) is 58.9 cm³/mol. The molecule has 0 atom stereocenters. The molecule has 4 heteroatoms. The maximum atomic E-state index is 11.2. The van der Waals surface area contributed by atoms with Crippen molar-refractivity contribution in [3.63, 3.8) is 0 Å². The highest BCUT2D eigenvalue weighted by Gasteiger charge is 2.44. The molecule has 3 nitrogen and oxygen atoms in total. The Hall–Kier alpha value is -1.22. The Labute approximate surface area is 98.3 Å². The van der Waals surface area contributed by atoms with Crippen molar-refractivity contribution in [2.24, 2.45) is 0 Å². The first-order valence-corrected chi connectivity index (χ1v) is 5.74. The number of carbonyl (C=O) groups excluding carboxylic acids is 1. The van der Waals surface area contributed by atoms with E-state index in [0.29, 0.717) is 36.5 Å². The van der Waals surface area contributed by atoms with Crippen LogP contribution in [0, 0.1) is 0 Å². The second-order valence-corrected chi connectivity index (χ2v) is 4.68. The van der Waals surface area contributed by atoms with Crippen molar-refractivity contribution in [3.05, 3.63) is 23.2 Å². The van der Waals surface area contributed by atoms with Crippen LogP contribution in [0.1, 0.15) is 25.7 Å². The van der Waals surface area contributed by atoms with E-state index in [2.05, 4.69) is 0 Å². The van der Waals surface area contributed by atoms with Gasteiger partial charge in [0.25, 0.3) is 5.79 Å². The number of fused-ring (bicyclic) bond motifs is 1. The average Bonchev–Trinajstić information content (AvgIpc) is 2.60. The first kappa shape index (κ1) is 9.97. The van der Waals surface area contributed by atoms with E-state index in [1.807, 2.05) is 6.07 Å². The molecule has 1 aromatic carbocycles. The second-order valence-electron chi connectivity index (χ2n) is 4.24. The highest BCUT2D eigenvalue weighted by molar-refractivity contribution is 6.30. The molecule has 0 unspecified atom stereocenters. The number of hydrogen-bond acceptors (Lipinski definition) is 3. The summed E-state index contributed by atoms with van der Waals surface area (Å²) in [5.74, 6) is 1.06. The summed E-state index contributed by atoms with van der Waals surface area (Å²) in [5.41, 5.74) is 0. The van der Waals surface area contributed by atoms with Gasteiger partial charge in [0, 0.05) is 36.8 Å². The number of ketones is 1. The Morgan fingerprint density at radius 2 is 1.81 bits per heavy atom. The third-order valence-electron chi connectivity index (χ3n) is 3.07. The number of halogens is 1. The molecule has 2 aliphatic rings. The van der Waals surface area contributed by atoms with Crippen molar-refractivity contribution in [1.82, 2.24) is 0 Å². The molecule has 0 aromatic heterocycles. The van der Waals surface area contributed by atoms with E-state index < -0.39 is 5.79 Å². The van der Waals surface area contributed by atoms with Gasteiger partial charge in [-0.1, -0.05) is 11.6 Å². The van der Waals surface area contributed by atoms with Gasteiger partial charge in [-0.15, -0.1) is 0 Å². The highest BCUT2D eigenvalue weighted by atomic mass is 35.5. The monoisotopic (exact) mass is 238 g/mol. The zero-order valence-corrected chi connectivity index (χ0v) is 9.42. The van der Waals surface area contributed by atoms with Crippen LogP contribution in [0.2, 0.25) is 5.02 Å². The van der Waals surface area contributed by atoms with Crippen molar-refractivity contribution < 1.29 is 14.3 Å². The summed E-state index contributed by atoms with van der Waals surface area (Å²) >= 11 is 5.88. The van der Waals surface area contributed by atoms with Gasteiger partial charge in [0.05, 0.1) is 0 Å². The van der Waals surface area contributed by atoms with Crippen LogP contribution < -0.4 is 9.47 Å². The molecule has 16 heavy (non-hydrogen) atoms. The number of hydrogen-bond donors (Lipinski definition) is 0. The lowest BCUT2D eigenvalue weighted by molar-refractivity contribution is -0.138. The molecule has 0 bridgehead atoms. The van der Waals surface area contributed by atoms with E-state index in [1.54, 1.807) is 12.1 Å². The van der Waals surface area contributed by atoms with Crippen molar-refractivity contribution >= 4 is 17.4 Å². The minimum Gasteiger partial charge on any atom is -0.448 e. The number of carbonyl (C=O) groups is 1. The smallest absolute Gasteiger partial charge is 0.252 e. The largest absolute Gasteiger partial charge is 0.448 e. The molecule has 3 rings (SSSR count). The number of Topliss-reactive ketones (excluding diaryl/α,β-unsaturated/α-hetero) is 1. The van der Waals surface area contributed by atoms with Gasteiger partial charge in [-0.05, 0) is 12.1 Å². The van der Waals surface area contributed by atoms with Crippen molar-refractivity contribution in [1.29, 1.82) is 0 Å². The third kappa shape index (κ3) is 1.55. The molecular weight excluding hydrogens is 228 g/mol. The van der Waals surface area contributed by atoms with Crippen molar-refractivity contribution in [3.8, 4) is 11.5 Å². The van der Waals surface area contributed by atoms with E-state index in [1.165, 1.54) is 0 Å². The summed E-state index contributed by atoms with van der Waals surface area (Å²) in [6.07, 6.45) is 2.31. The standard InChI is InChI=1S/C12H11ClO3/c13-8-1-2-10-11(7-8)16-12(15-10)5-3-9(14)4-6-12/h1-2,7H,3-6H2. The maximum absolute atomic E-state index is 11.2. The van der Waals surface area contributed by atoms with Gasteiger partial charge in [0.15, 0.2) is 11.5 Å². The fourth-order valence-corrected chi connectivity index (χ4v) is 2.34. The fourth-order valence-electron chi connectivity index (χ4n) is 2.18. The molecule has 0 saturated heterocycles. The van der Waals surface area contributed by atoms with Gasteiger partial charge in [0.1, 0.15) is 5.78 Å². The quantitative estimate of drug-likeness (QED) is 0.697. The Balaban J connectivity index is 1.87. The summed E-state index contributed by atoms with van der Waals surface area (Å²) in [5, 5.41) is 0.631. The van der Waals surface area contributed by atoms with Crippen LogP contribution in [0.15, 0.2) is 18.2 Å². The van der Waals surface area contributed by atoms with Crippen LogP contribution in [-0.4, -0.2) is 11.6 Å². The summed E-state index contributed by atoms with van der Waals surface area (Å²) in [6, 6.07) is 5.33. The predicted octanol–water partition coefficient (Wildman–Crippen LogP) is 2.95. The second kappa shape index (κ2) is 3.39. The molecular formula is C12H11ClO3. The molecule has 1 aliphatic heterocycles. The minimum atomic E-state index is -0.624. The summed E-state index contributed by atoms with van der Waals surface area (Å²) in [7, 11) is 0. The normalized spacial score (nSPS) is 21.4. The topological polar surface area (TPSA) is 35.5 Å².